The van der Waals surface area contributed by atoms with E-state index in [1.54, 1.807) is 27.7 Å². The van der Waals surface area contributed by atoms with Crippen LogP contribution in [-0.2, 0) is 13.4 Å². The molecule has 0 aliphatic rings. The van der Waals surface area contributed by atoms with E-state index < -0.39 is 18.2 Å². The van der Waals surface area contributed by atoms with Gasteiger partial charge in [0.05, 0.1) is 5.56 Å². The maximum atomic E-state index is 8.56. The van der Waals surface area contributed by atoms with Crippen molar-refractivity contribution in [3.63, 3.8) is 0 Å². The van der Waals surface area contributed by atoms with Crippen LogP contribution in [0.1, 0.15) is 74.3 Å². The zero-order valence-corrected chi connectivity index (χ0v) is 18.3. The van der Waals surface area contributed by atoms with E-state index in [0.717, 1.165) is 27.6 Å². The van der Waals surface area contributed by atoms with Gasteiger partial charge in [0, 0.05) is 33.6 Å². The van der Waals surface area contributed by atoms with Crippen LogP contribution in [0.5, 0.6) is 0 Å². The van der Waals surface area contributed by atoms with E-state index in [-0.39, 0.29) is 0 Å². The predicted molar refractivity (Wildman–Crippen MR) is 120 cm³/mol. The van der Waals surface area contributed by atoms with Crippen LogP contribution in [0.15, 0.2) is 40.9 Å². The van der Waals surface area contributed by atoms with E-state index in [4.69, 9.17) is 9.90 Å². The second-order valence-corrected chi connectivity index (χ2v) is 8.13. The van der Waals surface area contributed by atoms with Gasteiger partial charge < -0.3 is 4.42 Å². The highest BCUT2D eigenvalue weighted by Crippen LogP contribution is 2.37. The summed E-state index contributed by atoms with van der Waals surface area (Å²) in [6.45, 7) is 10.7. The summed E-state index contributed by atoms with van der Waals surface area (Å²) in [5.41, 5.74) is 5.66. The van der Waals surface area contributed by atoms with Crippen LogP contribution < -0.4 is 4.57 Å². The lowest BCUT2D eigenvalue weighted by molar-refractivity contribution is -0.660. The molecule has 29 heavy (non-hydrogen) atoms. The summed E-state index contributed by atoms with van der Waals surface area (Å²) in [4.78, 5) is 4.63. The van der Waals surface area contributed by atoms with E-state index in [0.29, 0.717) is 28.1 Å². The Hall–Kier alpha value is -2.68. The van der Waals surface area contributed by atoms with Gasteiger partial charge in [-0.25, -0.2) is 9.55 Å². The summed E-state index contributed by atoms with van der Waals surface area (Å²) >= 11 is 0. The number of rotatable bonds is 4. The van der Waals surface area contributed by atoms with Crippen LogP contribution in [0.2, 0.25) is 0 Å². The molecule has 150 valence electrons. The Bertz CT molecular complexity index is 1390. The number of furan rings is 1. The number of hydrogen-bond acceptors (Lipinski definition) is 2. The molecular weight excluding hydrogens is 356 g/mol. The van der Waals surface area contributed by atoms with Crippen molar-refractivity contribution < 1.29 is 14.5 Å². The van der Waals surface area contributed by atoms with Gasteiger partial charge in [-0.15, -0.1) is 0 Å². The van der Waals surface area contributed by atoms with Gasteiger partial charge in [-0.1, -0.05) is 46.8 Å². The van der Waals surface area contributed by atoms with Gasteiger partial charge in [0.2, 0.25) is 11.4 Å². The minimum Gasteiger partial charge on any atom is -0.437 e. The second-order valence-electron chi connectivity index (χ2n) is 8.13. The molecule has 3 nitrogen and oxygen atoms in total. The topological polar surface area (TPSA) is 29.9 Å². The van der Waals surface area contributed by atoms with Crippen LogP contribution in [0.25, 0.3) is 33.3 Å². The summed E-state index contributed by atoms with van der Waals surface area (Å²) in [6, 6.07) is 9.75. The number of aryl methyl sites for hydroxylation is 3. The summed E-state index contributed by atoms with van der Waals surface area (Å²) in [5, 5.41) is 1.82. The predicted octanol–water partition coefficient (Wildman–Crippen LogP) is 6.59. The summed E-state index contributed by atoms with van der Waals surface area (Å²) in [5.74, 6) is -1.78. The largest absolute Gasteiger partial charge is 0.437 e. The smallest absolute Gasteiger partial charge is 0.227 e. The fourth-order valence-electron chi connectivity index (χ4n) is 3.92. The minimum absolute atomic E-state index is 0.493. The first-order valence-electron chi connectivity index (χ1n) is 12.0. The molecule has 3 aromatic heterocycles. The highest BCUT2D eigenvalue weighted by molar-refractivity contribution is 6.08. The van der Waals surface area contributed by atoms with Crippen molar-refractivity contribution in [2.75, 3.05) is 0 Å². The van der Waals surface area contributed by atoms with Crippen molar-refractivity contribution >= 4 is 22.1 Å². The lowest BCUT2D eigenvalue weighted by atomic mass is 9.94. The van der Waals surface area contributed by atoms with E-state index in [1.165, 1.54) is 6.92 Å². The molecule has 0 unspecified atom stereocenters. The van der Waals surface area contributed by atoms with E-state index >= 15 is 0 Å². The molecule has 3 heteroatoms. The molecule has 0 fully saturated rings. The molecule has 3 heterocycles. The molecule has 1 aromatic carbocycles. The van der Waals surface area contributed by atoms with Gasteiger partial charge in [0.25, 0.3) is 0 Å². The van der Waals surface area contributed by atoms with Crippen molar-refractivity contribution in [2.24, 2.45) is 7.05 Å². The quantitative estimate of drug-likeness (QED) is 0.367. The average Bonchev–Trinajstić information content (AvgIpc) is 3.03. The molecule has 0 spiro atoms. The van der Waals surface area contributed by atoms with Gasteiger partial charge in [-0.2, -0.15) is 0 Å². The van der Waals surface area contributed by atoms with Gasteiger partial charge in [-0.3, -0.25) is 0 Å². The Kier molecular flexibility index (Phi) is 3.82. The third-order valence-corrected chi connectivity index (χ3v) is 5.57. The number of nitrogens with zero attached hydrogens (tertiary/aromatic N) is 2. The second kappa shape index (κ2) is 7.29. The van der Waals surface area contributed by atoms with Crippen LogP contribution in [0.3, 0.4) is 0 Å². The molecule has 0 aliphatic carbocycles. The van der Waals surface area contributed by atoms with Crippen LogP contribution in [0.4, 0.5) is 0 Å². The summed E-state index contributed by atoms with van der Waals surface area (Å²) in [7, 11) is 1.92. The lowest BCUT2D eigenvalue weighted by Crippen LogP contribution is -2.32. The molecule has 4 aromatic rings. The lowest BCUT2D eigenvalue weighted by Gasteiger charge is -2.13. The first-order chi connectivity index (χ1) is 15.1. The van der Waals surface area contributed by atoms with Gasteiger partial charge in [0.15, 0.2) is 11.8 Å². The molecule has 0 saturated carbocycles. The number of fused-ring (bicyclic) bond motifs is 3. The number of aromatic nitrogens is 2. The fraction of sp³-hybridized carbons (Fsp3) is 0.385. The molecule has 0 atom stereocenters. The molecular formula is C26H31N2O+. The molecule has 0 saturated heterocycles. The molecule has 0 bridgehead atoms. The maximum Gasteiger partial charge on any atom is 0.227 e. The molecule has 0 N–H and O–H groups in total. The van der Waals surface area contributed by atoms with Crippen LogP contribution in [0, 0.1) is 6.92 Å². The number of hydrogen-bond donors (Lipinski definition) is 0. The minimum atomic E-state index is -1.61. The van der Waals surface area contributed by atoms with Crippen molar-refractivity contribution in [1.82, 2.24) is 4.98 Å². The molecule has 0 radical (unpaired) electrons. The van der Waals surface area contributed by atoms with Gasteiger partial charge in [0.1, 0.15) is 7.05 Å². The van der Waals surface area contributed by atoms with Gasteiger partial charge in [-0.05, 0) is 48.3 Å². The molecule has 4 rings (SSSR count). The zero-order chi connectivity index (χ0) is 24.5. The number of pyridine rings is 2. The van der Waals surface area contributed by atoms with Crippen LogP contribution in [-0.4, -0.2) is 4.98 Å². The highest BCUT2D eigenvalue weighted by atomic mass is 16.3. The molecule has 0 amide bonds. The Balaban J connectivity index is 2.06. The standard InChI is InChI=1S/C26H31N2O/c1-8-18-13-23(28(7)14-21(18)15(2)3)24-17(6)9-10-19-20-11-12-22(16(4)5)27-26(20)29-25(19)24/h9-16H,8H2,1-7H3/q+1/i8D2,15D,16D. The first-order valence-corrected chi connectivity index (χ1v) is 9.97. The average molecular weight is 392 g/mol. The highest BCUT2D eigenvalue weighted by Gasteiger charge is 2.23. The summed E-state index contributed by atoms with van der Waals surface area (Å²) < 4.78 is 42.0. The van der Waals surface area contributed by atoms with Gasteiger partial charge >= 0.3 is 0 Å². The van der Waals surface area contributed by atoms with Crippen molar-refractivity contribution in [1.29, 1.82) is 0 Å². The van der Waals surface area contributed by atoms with Crippen molar-refractivity contribution in [2.45, 2.75) is 59.7 Å². The van der Waals surface area contributed by atoms with Crippen LogP contribution >= 0.6 is 0 Å². The first kappa shape index (κ1) is 15.2. The van der Waals surface area contributed by atoms with E-state index in [1.807, 2.05) is 55.1 Å². The number of benzene rings is 1. The SMILES string of the molecule is [2H]C([2H])(C)c1cc(-c2c(C)ccc3c2oc2nc(C([2H])(C)C)ccc23)[n+](C)cc1C([2H])(C)C. The van der Waals surface area contributed by atoms with Crippen molar-refractivity contribution in [3.8, 4) is 11.3 Å². The van der Waals surface area contributed by atoms with E-state index in [9.17, 15) is 0 Å². The Morgan fingerprint density at radius 1 is 1.10 bits per heavy atom. The normalized spacial score (nSPS) is 15.3. The Labute approximate surface area is 179 Å². The zero-order valence-electron chi connectivity index (χ0n) is 22.3. The van der Waals surface area contributed by atoms with E-state index in [2.05, 4.69) is 4.98 Å². The third-order valence-electron chi connectivity index (χ3n) is 5.57. The fourth-order valence-corrected chi connectivity index (χ4v) is 3.92. The maximum absolute atomic E-state index is 8.56. The molecule has 0 aliphatic heterocycles. The Morgan fingerprint density at radius 2 is 1.83 bits per heavy atom. The van der Waals surface area contributed by atoms with Crippen molar-refractivity contribution in [3.05, 3.63) is 58.9 Å². The third kappa shape index (κ3) is 3.23. The monoisotopic (exact) mass is 391 g/mol. The Morgan fingerprint density at radius 3 is 2.48 bits per heavy atom. The summed E-state index contributed by atoms with van der Waals surface area (Å²) in [6.07, 6.45) is 0.251.